The topological polar surface area (TPSA) is 96.4 Å². The Morgan fingerprint density at radius 2 is 1.66 bits per heavy atom. The van der Waals surface area contributed by atoms with Crippen LogP contribution in [0.2, 0.25) is 0 Å². The summed E-state index contributed by atoms with van der Waals surface area (Å²) in [5, 5.41) is 14.5. The molecule has 0 saturated carbocycles. The lowest BCUT2D eigenvalue weighted by Crippen LogP contribution is -2.50. The highest BCUT2D eigenvalue weighted by atomic mass is 16.3. The Balaban J connectivity index is 1.30. The number of nitrogens with one attached hydrogen (secondary N) is 1. The summed E-state index contributed by atoms with van der Waals surface area (Å²) < 4.78 is 0. The van der Waals surface area contributed by atoms with E-state index in [0.717, 1.165) is 12.1 Å². The Morgan fingerprint density at radius 1 is 0.974 bits per heavy atom. The quantitative estimate of drug-likeness (QED) is 0.619. The van der Waals surface area contributed by atoms with Crippen molar-refractivity contribution < 1.29 is 19.5 Å². The van der Waals surface area contributed by atoms with Crippen LogP contribution in [0.25, 0.3) is 0 Å². The van der Waals surface area contributed by atoms with Crippen LogP contribution in [0.1, 0.15) is 45.7 Å². The zero-order chi connectivity index (χ0) is 26.8. The van der Waals surface area contributed by atoms with Gasteiger partial charge in [-0.15, -0.1) is 0 Å². The van der Waals surface area contributed by atoms with E-state index >= 15 is 0 Å². The first-order chi connectivity index (χ1) is 18.4. The molecule has 9 nitrogen and oxygen atoms in total. The van der Waals surface area contributed by atoms with Gasteiger partial charge in [-0.05, 0) is 42.7 Å². The molecule has 202 valence electrons. The van der Waals surface area contributed by atoms with Crippen LogP contribution < -0.4 is 10.2 Å². The highest BCUT2D eigenvalue weighted by molar-refractivity contribution is 6.03. The summed E-state index contributed by atoms with van der Waals surface area (Å²) in [7, 11) is 0. The maximum Gasteiger partial charge on any atom is 0.256 e. The fourth-order valence-corrected chi connectivity index (χ4v) is 5.75. The van der Waals surface area contributed by atoms with Crippen molar-refractivity contribution in [3.8, 4) is 0 Å². The molecule has 0 unspecified atom stereocenters. The highest BCUT2D eigenvalue weighted by Gasteiger charge is 2.32. The first-order valence-electron chi connectivity index (χ1n) is 13.6. The van der Waals surface area contributed by atoms with Crippen LogP contribution in [0.5, 0.6) is 0 Å². The van der Waals surface area contributed by atoms with Gasteiger partial charge in [0.2, 0.25) is 5.91 Å². The van der Waals surface area contributed by atoms with Crippen LogP contribution in [0.15, 0.2) is 42.5 Å². The summed E-state index contributed by atoms with van der Waals surface area (Å²) >= 11 is 0. The summed E-state index contributed by atoms with van der Waals surface area (Å²) in [6, 6.07) is 13.4. The third-order valence-corrected chi connectivity index (χ3v) is 8.12. The number of rotatable bonds is 5. The zero-order valence-corrected chi connectivity index (χ0v) is 22.2. The average molecular weight is 520 g/mol. The van der Waals surface area contributed by atoms with Crippen molar-refractivity contribution in [2.24, 2.45) is 0 Å². The van der Waals surface area contributed by atoms with Crippen molar-refractivity contribution in [1.82, 2.24) is 20.0 Å². The first-order valence-corrected chi connectivity index (χ1v) is 13.6. The normalized spacial score (nSPS) is 20.5. The minimum Gasteiger partial charge on any atom is -0.390 e. The van der Waals surface area contributed by atoms with Crippen molar-refractivity contribution >= 4 is 23.4 Å². The van der Waals surface area contributed by atoms with Gasteiger partial charge >= 0.3 is 0 Å². The molecule has 0 spiro atoms. The predicted octanol–water partition coefficient (Wildman–Crippen LogP) is 1.35. The second-order valence-electron chi connectivity index (χ2n) is 10.4. The van der Waals surface area contributed by atoms with Gasteiger partial charge in [0, 0.05) is 77.4 Å². The van der Waals surface area contributed by atoms with Gasteiger partial charge in [0.25, 0.3) is 11.8 Å². The number of piperazine rings is 1. The van der Waals surface area contributed by atoms with E-state index in [4.69, 9.17) is 0 Å². The number of anilines is 1. The van der Waals surface area contributed by atoms with E-state index in [1.54, 1.807) is 33.8 Å². The molecular formula is C29H37N5O4. The number of carbonyl (C=O) groups is 3. The monoisotopic (exact) mass is 519 g/mol. The van der Waals surface area contributed by atoms with E-state index in [2.05, 4.69) is 22.3 Å². The highest BCUT2D eigenvalue weighted by Crippen LogP contribution is 2.28. The summed E-state index contributed by atoms with van der Waals surface area (Å²) in [6.45, 7) is 8.42. The fraction of sp³-hybridized carbons (Fsp3) is 0.483. The number of aliphatic hydroxyl groups excluding tert-OH is 1. The Bertz CT molecular complexity index is 1210. The molecule has 1 saturated heterocycles. The Kier molecular flexibility index (Phi) is 7.67. The molecule has 2 aromatic rings. The third-order valence-electron chi connectivity index (χ3n) is 8.12. The van der Waals surface area contributed by atoms with Gasteiger partial charge in [0.15, 0.2) is 0 Å². The molecule has 0 radical (unpaired) electrons. The molecule has 0 aliphatic carbocycles. The molecule has 3 aliphatic rings. The largest absolute Gasteiger partial charge is 0.390 e. The van der Waals surface area contributed by atoms with Gasteiger partial charge in [-0.3, -0.25) is 14.4 Å². The smallest absolute Gasteiger partial charge is 0.256 e. The number of likely N-dealkylation sites (N-methyl/N-ethyl adjacent to an activating group) is 1. The number of fused-ring (bicyclic) bond motifs is 2. The number of carbonyl (C=O) groups excluding carboxylic acids is 3. The molecule has 0 aromatic heterocycles. The lowest BCUT2D eigenvalue weighted by molar-refractivity contribution is -0.130. The van der Waals surface area contributed by atoms with Crippen molar-refractivity contribution in [2.45, 2.75) is 39.0 Å². The maximum absolute atomic E-state index is 13.6. The van der Waals surface area contributed by atoms with E-state index < -0.39 is 6.10 Å². The molecule has 0 bridgehead atoms. The lowest BCUT2D eigenvalue weighted by Gasteiger charge is -2.34. The summed E-state index contributed by atoms with van der Waals surface area (Å²) in [6.07, 6.45) is 0.0295. The maximum atomic E-state index is 13.6. The number of nitrogens with zero attached hydrogens (tertiary/aromatic N) is 4. The molecule has 1 fully saturated rings. The molecule has 2 atom stereocenters. The molecule has 3 heterocycles. The minimum absolute atomic E-state index is 0.0259. The van der Waals surface area contributed by atoms with Gasteiger partial charge in [-0.2, -0.15) is 0 Å². The van der Waals surface area contributed by atoms with Gasteiger partial charge in [0.05, 0.1) is 17.4 Å². The number of hydrogen-bond acceptors (Lipinski definition) is 6. The molecule has 3 amide bonds. The van der Waals surface area contributed by atoms with E-state index in [1.807, 2.05) is 25.1 Å². The van der Waals surface area contributed by atoms with Crippen LogP contribution in [0.3, 0.4) is 0 Å². The number of aliphatic hydroxyl groups is 1. The van der Waals surface area contributed by atoms with Crippen LogP contribution in [-0.4, -0.2) is 102 Å². The van der Waals surface area contributed by atoms with E-state index in [1.165, 1.54) is 11.1 Å². The van der Waals surface area contributed by atoms with Crippen LogP contribution in [0, 0.1) is 0 Å². The van der Waals surface area contributed by atoms with Gasteiger partial charge in [-0.25, -0.2) is 0 Å². The predicted molar refractivity (Wildman–Crippen MR) is 145 cm³/mol. The summed E-state index contributed by atoms with van der Waals surface area (Å²) in [5.41, 5.74) is 4.34. The third kappa shape index (κ3) is 5.26. The minimum atomic E-state index is -0.696. The number of amides is 3. The lowest BCUT2D eigenvalue weighted by atomic mass is 9.92. The van der Waals surface area contributed by atoms with Crippen molar-refractivity contribution in [3.63, 3.8) is 0 Å². The number of benzene rings is 2. The van der Waals surface area contributed by atoms with Crippen molar-refractivity contribution in [1.29, 1.82) is 0 Å². The van der Waals surface area contributed by atoms with Gasteiger partial charge in [0.1, 0.15) is 0 Å². The van der Waals surface area contributed by atoms with Crippen LogP contribution in [-0.2, 0) is 17.8 Å². The van der Waals surface area contributed by atoms with E-state index in [-0.39, 0.29) is 30.3 Å². The molecule has 2 aromatic carbocycles. The van der Waals surface area contributed by atoms with Crippen molar-refractivity contribution in [2.75, 3.05) is 57.3 Å². The molecule has 38 heavy (non-hydrogen) atoms. The molecule has 5 rings (SSSR count). The summed E-state index contributed by atoms with van der Waals surface area (Å²) in [4.78, 5) is 45.9. The fourth-order valence-electron chi connectivity index (χ4n) is 5.75. The average Bonchev–Trinajstić information content (AvgIpc) is 3.08. The SMILES string of the molecule is CCN1CCN(C[C@@H](O)[C@@H]2Cc3ccccc3CN2)C(=O)c2ccc(C(=O)N3CCN(C(C)=O)CC3)cc21. The second kappa shape index (κ2) is 11.1. The number of hydrogen-bond donors (Lipinski definition) is 2. The Hall–Kier alpha value is -3.43. The van der Waals surface area contributed by atoms with Gasteiger partial charge in [-0.1, -0.05) is 24.3 Å². The first kappa shape index (κ1) is 26.2. The standard InChI is InChI=1S/C29H37N5O4/c1-3-31-10-15-34(19-27(36)25-16-21-6-4-5-7-23(21)18-30-25)29(38)24-9-8-22(17-26(24)31)28(37)33-13-11-32(12-14-33)20(2)35/h4-9,17,25,27,30,36H,3,10-16,18-19H2,1-2H3/t25-,27+/m0/s1. The Morgan fingerprint density at radius 3 is 2.37 bits per heavy atom. The summed E-state index contributed by atoms with van der Waals surface area (Å²) in [5.74, 6) is -0.182. The second-order valence-corrected chi connectivity index (χ2v) is 10.4. The van der Waals surface area contributed by atoms with Crippen LogP contribution in [0.4, 0.5) is 5.69 Å². The molecular weight excluding hydrogens is 482 g/mol. The van der Waals surface area contributed by atoms with E-state index in [9.17, 15) is 19.5 Å². The van der Waals surface area contributed by atoms with Crippen molar-refractivity contribution in [3.05, 3.63) is 64.7 Å². The molecule has 2 N–H and O–H groups in total. The van der Waals surface area contributed by atoms with Crippen LogP contribution >= 0.6 is 0 Å². The molecule has 3 aliphatic heterocycles. The Labute approximate surface area is 224 Å². The molecule has 9 heteroatoms. The number of β-amino-alcohol motifs (C(OH)–C–C–N with tert-alkyl or cyclic N) is 1. The zero-order valence-electron chi connectivity index (χ0n) is 22.2. The van der Waals surface area contributed by atoms with Gasteiger partial charge < -0.3 is 30.0 Å². The van der Waals surface area contributed by atoms with E-state index in [0.29, 0.717) is 63.5 Å².